The van der Waals surface area contributed by atoms with Crippen molar-refractivity contribution >= 4 is 5.91 Å². The molecule has 1 atom stereocenters. The average Bonchev–Trinajstić information content (AvgIpc) is 3.10. The Kier molecular flexibility index (Phi) is 3.30. The summed E-state index contributed by atoms with van der Waals surface area (Å²) < 4.78 is 1.70. The Morgan fingerprint density at radius 2 is 2.30 bits per heavy atom. The monoisotopic (exact) mass is 273 g/mol. The molecule has 3 heterocycles. The molecule has 0 radical (unpaired) electrons. The van der Waals surface area contributed by atoms with Crippen molar-refractivity contribution in [3.63, 3.8) is 0 Å². The maximum Gasteiger partial charge on any atom is 0.244 e. The van der Waals surface area contributed by atoms with E-state index in [9.17, 15) is 4.79 Å². The van der Waals surface area contributed by atoms with Crippen LogP contribution in [0.1, 0.15) is 35.7 Å². The maximum atomic E-state index is 12.5. The molecule has 0 aliphatic carbocycles. The minimum Gasteiger partial charge on any atom is -0.332 e. The highest BCUT2D eigenvalue weighted by Crippen LogP contribution is 2.32. The smallest absolute Gasteiger partial charge is 0.244 e. The molecule has 0 spiro atoms. The molecule has 1 N–H and O–H groups in total. The molecule has 1 amide bonds. The third kappa shape index (κ3) is 2.33. The fourth-order valence-corrected chi connectivity index (χ4v) is 2.84. The highest BCUT2D eigenvalue weighted by Gasteiger charge is 2.31. The first-order chi connectivity index (χ1) is 9.65. The lowest BCUT2D eigenvalue weighted by atomic mass is 10.1. The van der Waals surface area contributed by atoms with Crippen molar-refractivity contribution in [2.45, 2.75) is 39.3 Å². The zero-order valence-electron chi connectivity index (χ0n) is 11.8. The molecule has 1 fully saturated rings. The molecule has 106 valence electrons. The summed E-state index contributed by atoms with van der Waals surface area (Å²) in [6.45, 7) is 5.11. The first kappa shape index (κ1) is 12.9. The van der Waals surface area contributed by atoms with Gasteiger partial charge in [0, 0.05) is 12.7 Å². The second-order valence-electron chi connectivity index (χ2n) is 5.43. The molecule has 3 rings (SSSR count). The van der Waals surface area contributed by atoms with Crippen LogP contribution in [-0.2, 0) is 11.3 Å². The van der Waals surface area contributed by atoms with E-state index < -0.39 is 0 Å². The van der Waals surface area contributed by atoms with Gasteiger partial charge in [-0.25, -0.2) is 0 Å². The van der Waals surface area contributed by atoms with Crippen molar-refractivity contribution < 1.29 is 4.79 Å². The summed E-state index contributed by atoms with van der Waals surface area (Å²) >= 11 is 0. The van der Waals surface area contributed by atoms with E-state index in [0.717, 1.165) is 36.2 Å². The number of H-pyrrole nitrogens is 1. The Bertz CT molecular complexity index is 615. The number of hydrogen-bond donors (Lipinski definition) is 1. The Labute approximate surface area is 117 Å². The second kappa shape index (κ2) is 5.11. The highest BCUT2D eigenvalue weighted by atomic mass is 16.2. The van der Waals surface area contributed by atoms with Gasteiger partial charge < -0.3 is 4.90 Å². The van der Waals surface area contributed by atoms with E-state index in [0.29, 0.717) is 6.54 Å². The molecule has 1 aliphatic heterocycles. The van der Waals surface area contributed by atoms with Gasteiger partial charge in [0.1, 0.15) is 6.54 Å². The molecular weight excluding hydrogens is 254 g/mol. The molecule has 2 aromatic rings. The number of carbonyl (C=O) groups is 1. The number of carbonyl (C=O) groups excluding carboxylic acids is 1. The van der Waals surface area contributed by atoms with Crippen molar-refractivity contribution in [1.29, 1.82) is 0 Å². The quantitative estimate of drug-likeness (QED) is 0.923. The standard InChI is InChI=1S/C14H19N5O/c1-10-6-16-18(8-10)9-13(20)19-5-3-4-12(19)14-11(2)7-15-17-14/h6-8,12H,3-5,9H2,1-2H3,(H,15,17)/t12-/m0/s1. The topological polar surface area (TPSA) is 66.8 Å². The molecular formula is C14H19N5O. The van der Waals surface area contributed by atoms with Crippen LogP contribution in [0.4, 0.5) is 0 Å². The number of likely N-dealkylation sites (tertiary alicyclic amines) is 1. The fourth-order valence-electron chi connectivity index (χ4n) is 2.84. The summed E-state index contributed by atoms with van der Waals surface area (Å²) in [6, 6.07) is 0.127. The molecule has 0 saturated carbocycles. The van der Waals surface area contributed by atoms with Crippen LogP contribution in [0.2, 0.25) is 0 Å². The number of aromatic amines is 1. The number of aromatic nitrogens is 4. The molecule has 0 unspecified atom stereocenters. The molecule has 0 bridgehead atoms. The molecule has 6 heteroatoms. The van der Waals surface area contributed by atoms with Crippen molar-refractivity contribution in [2.75, 3.05) is 6.54 Å². The minimum absolute atomic E-state index is 0.115. The SMILES string of the molecule is Cc1cnn(CC(=O)N2CCC[C@H]2c2[nH]ncc2C)c1. The van der Waals surface area contributed by atoms with E-state index in [-0.39, 0.29) is 11.9 Å². The summed E-state index contributed by atoms with van der Waals surface area (Å²) in [5.41, 5.74) is 3.25. The summed E-state index contributed by atoms with van der Waals surface area (Å²) in [7, 11) is 0. The molecule has 1 saturated heterocycles. The van der Waals surface area contributed by atoms with Crippen molar-refractivity contribution in [3.8, 4) is 0 Å². The van der Waals surface area contributed by atoms with Crippen molar-refractivity contribution in [3.05, 3.63) is 35.4 Å². The van der Waals surface area contributed by atoms with Gasteiger partial charge in [-0.15, -0.1) is 0 Å². The van der Waals surface area contributed by atoms with Crippen LogP contribution in [0.15, 0.2) is 18.6 Å². The number of amides is 1. The fraction of sp³-hybridized carbons (Fsp3) is 0.500. The molecule has 0 aromatic carbocycles. The van der Waals surface area contributed by atoms with E-state index in [2.05, 4.69) is 15.3 Å². The lowest BCUT2D eigenvalue weighted by Gasteiger charge is -2.24. The minimum atomic E-state index is 0.115. The first-order valence-corrected chi connectivity index (χ1v) is 6.93. The predicted molar refractivity (Wildman–Crippen MR) is 74.0 cm³/mol. The molecule has 2 aromatic heterocycles. The van der Waals surface area contributed by atoms with Crippen LogP contribution in [0.25, 0.3) is 0 Å². The Morgan fingerprint density at radius 3 is 2.95 bits per heavy atom. The summed E-state index contributed by atoms with van der Waals surface area (Å²) in [5, 5.41) is 11.3. The summed E-state index contributed by atoms with van der Waals surface area (Å²) in [4.78, 5) is 14.4. The van der Waals surface area contributed by atoms with E-state index in [1.807, 2.05) is 31.1 Å². The number of nitrogens with zero attached hydrogens (tertiary/aromatic N) is 4. The largest absolute Gasteiger partial charge is 0.332 e. The van der Waals surface area contributed by atoms with Gasteiger partial charge in [0.05, 0.1) is 24.1 Å². The molecule has 1 aliphatic rings. The second-order valence-corrected chi connectivity index (χ2v) is 5.43. The van der Waals surface area contributed by atoms with Crippen LogP contribution < -0.4 is 0 Å². The number of rotatable bonds is 3. The van der Waals surface area contributed by atoms with Gasteiger partial charge >= 0.3 is 0 Å². The van der Waals surface area contributed by atoms with Crippen LogP contribution >= 0.6 is 0 Å². The number of aryl methyl sites for hydroxylation is 2. The van der Waals surface area contributed by atoms with Crippen LogP contribution in [0, 0.1) is 13.8 Å². The van der Waals surface area contributed by atoms with Gasteiger partial charge in [-0.05, 0) is 37.8 Å². The van der Waals surface area contributed by atoms with E-state index in [1.54, 1.807) is 10.9 Å². The molecule has 20 heavy (non-hydrogen) atoms. The number of hydrogen-bond acceptors (Lipinski definition) is 3. The maximum absolute atomic E-state index is 12.5. The third-order valence-electron chi connectivity index (χ3n) is 3.83. The van der Waals surface area contributed by atoms with E-state index in [4.69, 9.17) is 0 Å². The summed E-state index contributed by atoms with van der Waals surface area (Å²) in [5.74, 6) is 0.115. The average molecular weight is 273 g/mol. The van der Waals surface area contributed by atoms with Crippen molar-refractivity contribution in [1.82, 2.24) is 24.9 Å². The first-order valence-electron chi connectivity index (χ1n) is 6.93. The normalized spacial score (nSPS) is 18.7. The van der Waals surface area contributed by atoms with Gasteiger partial charge in [0.25, 0.3) is 0 Å². The lowest BCUT2D eigenvalue weighted by molar-refractivity contribution is -0.133. The third-order valence-corrected chi connectivity index (χ3v) is 3.83. The highest BCUT2D eigenvalue weighted by molar-refractivity contribution is 5.76. The van der Waals surface area contributed by atoms with Gasteiger partial charge in [0.2, 0.25) is 5.91 Å². The van der Waals surface area contributed by atoms with E-state index in [1.165, 1.54) is 0 Å². The Morgan fingerprint density at radius 1 is 1.45 bits per heavy atom. The zero-order chi connectivity index (χ0) is 14.1. The van der Waals surface area contributed by atoms with Gasteiger partial charge in [-0.1, -0.05) is 0 Å². The van der Waals surface area contributed by atoms with Crippen LogP contribution in [-0.4, -0.2) is 37.3 Å². The zero-order valence-corrected chi connectivity index (χ0v) is 11.8. The van der Waals surface area contributed by atoms with Crippen LogP contribution in [0.3, 0.4) is 0 Å². The van der Waals surface area contributed by atoms with Crippen LogP contribution in [0.5, 0.6) is 0 Å². The van der Waals surface area contributed by atoms with Gasteiger partial charge in [-0.2, -0.15) is 10.2 Å². The Hall–Kier alpha value is -2.11. The number of nitrogens with one attached hydrogen (secondary N) is 1. The van der Waals surface area contributed by atoms with E-state index >= 15 is 0 Å². The van der Waals surface area contributed by atoms with Crippen molar-refractivity contribution in [2.24, 2.45) is 0 Å². The lowest BCUT2D eigenvalue weighted by Crippen LogP contribution is -2.34. The Balaban J connectivity index is 1.75. The van der Waals surface area contributed by atoms with Gasteiger partial charge in [0.15, 0.2) is 0 Å². The van der Waals surface area contributed by atoms with Gasteiger partial charge in [-0.3, -0.25) is 14.6 Å². The summed E-state index contributed by atoms with van der Waals surface area (Å²) in [6.07, 6.45) is 7.51. The predicted octanol–water partition coefficient (Wildman–Crippen LogP) is 1.59. The molecule has 6 nitrogen and oxygen atoms in total.